The Kier molecular flexibility index (Phi) is 6.18. The average Bonchev–Trinajstić information content (AvgIpc) is 3.09. The van der Waals surface area contributed by atoms with Gasteiger partial charge in [-0.3, -0.25) is 14.9 Å². The number of urea groups is 1. The van der Waals surface area contributed by atoms with E-state index in [1.807, 2.05) is 30.3 Å². The summed E-state index contributed by atoms with van der Waals surface area (Å²) in [6, 6.07) is 17.5. The molecule has 1 aliphatic rings. The summed E-state index contributed by atoms with van der Waals surface area (Å²) in [4.78, 5) is 37.2. The van der Waals surface area contributed by atoms with Gasteiger partial charge in [0.2, 0.25) is 6.41 Å². The van der Waals surface area contributed by atoms with Gasteiger partial charge >= 0.3 is 6.03 Å². The highest BCUT2D eigenvalue weighted by molar-refractivity contribution is 6.31. The number of amides is 4. The first kappa shape index (κ1) is 21.5. The quantitative estimate of drug-likeness (QED) is 0.548. The lowest BCUT2D eigenvalue weighted by atomic mass is 10.0. The highest BCUT2D eigenvalue weighted by Gasteiger charge is 2.30. The van der Waals surface area contributed by atoms with Crippen LogP contribution in [0.4, 0.5) is 9.18 Å². The van der Waals surface area contributed by atoms with Crippen molar-refractivity contribution in [3.05, 3.63) is 94.3 Å². The number of carbonyl (C=O) groups is 3. The Morgan fingerprint density at radius 3 is 2.38 bits per heavy atom. The number of benzene rings is 3. The van der Waals surface area contributed by atoms with Gasteiger partial charge in [0.1, 0.15) is 5.82 Å². The molecule has 0 aliphatic carbocycles. The van der Waals surface area contributed by atoms with Crippen LogP contribution < -0.4 is 10.6 Å². The third-order valence-electron chi connectivity index (χ3n) is 5.34. The molecule has 0 aromatic heterocycles. The number of hydrogen-bond donors (Lipinski definition) is 2. The molecule has 0 radical (unpaired) electrons. The smallest absolute Gasteiger partial charge is 0.321 e. The molecule has 2 N–H and O–H groups in total. The number of imide groups is 1. The van der Waals surface area contributed by atoms with Crippen molar-refractivity contribution in [1.29, 1.82) is 0 Å². The van der Waals surface area contributed by atoms with Gasteiger partial charge in [0.15, 0.2) is 0 Å². The van der Waals surface area contributed by atoms with E-state index in [2.05, 4.69) is 10.6 Å². The van der Waals surface area contributed by atoms with Crippen molar-refractivity contribution in [2.24, 2.45) is 0 Å². The molecule has 0 spiro atoms. The van der Waals surface area contributed by atoms with Gasteiger partial charge < -0.3 is 10.2 Å². The van der Waals surface area contributed by atoms with Crippen molar-refractivity contribution in [3.8, 4) is 11.1 Å². The molecule has 0 saturated carbocycles. The number of fused-ring (bicyclic) bond motifs is 1. The normalized spacial score (nSPS) is 13.4. The topological polar surface area (TPSA) is 78.5 Å². The maximum atomic E-state index is 13.2. The number of hydrogen-bond acceptors (Lipinski definition) is 3. The molecule has 32 heavy (non-hydrogen) atoms. The van der Waals surface area contributed by atoms with Gasteiger partial charge in [0.05, 0.1) is 6.04 Å². The SMILES string of the molecule is O=CNC(=O)N[C@@H](CN1Cc2ccc(Cl)cc2C1=O)c1ccc(-c2ccc(F)cc2)cc1. The lowest BCUT2D eigenvalue weighted by molar-refractivity contribution is -0.108. The van der Waals surface area contributed by atoms with Crippen LogP contribution >= 0.6 is 11.6 Å². The Hall–Kier alpha value is -3.71. The summed E-state index contributed by atoms with van der Waals surface area (Å²) in [7, 11) is 0. The van der Waals surface area contributed by atoms with Crippen LogP contribution in [0.1, 0.15) is 27.5 Å². The van der Waals surface area contributed by atoms with Crippen molar-refractivity contribution in [1.82, 2.24) is 15.5 Å². The standard InChI is InChI=1S/C24H19ClFN3O3/c25-19-8-5-18-12-29(23(31)21(18)11-19)13-22(28-24(32)27-14-30)17-3-1-15(2-4-17)16-6-9-20(26)10-7-16/h1-11,14,22H,12-13H2,(H2,27,28,30,32)/t22-/m0/s1. The maximum absolute atomic E-state index is 13.2. The van der Waals surface area contributed by atoms with Gasteiger partial charge in [-0.15, -0.1) is 0 Å². The minimum atomic E-state index is -0.667. The Bertz CT molecular complexity index is 1170. The van der Waals surface area contributed by atoms with E-state index >= 15 is 0 Å². The summed E-state index contributed by atoms with van der Waals surface area (Å²) in [5, 5.41) is 5.28. The molecule has 3 aromatic carbocycles. The van der Waals surface area contributed by atoms with Crippen LogP contribution in [0.3, 0.4) is 0 Å². The number of carbonyl (C=O) groups excluding carboxylic acids is 3. The number of nitrogens with zero attached hydrogens (tertiary/aromatic N) is 1. The zero-order valence-electron chi connectivity index (χ0n) is 16.8. The highest BCUT2D eigenvalue weighted by Crippen LogP contribution is 2.28. The molecule has 0 bridgehead atoms. The monoisotopic (exact) mass is 451 g/mol. The summed E-state index contributed by atoms with van der Waals surface area (Å²) in [5.74, 6) is -0.485. The third kappa shape index (κ3) is 4.63. The third-order valence-corrected chi connectivity index (χ3v) is 5.57. The van der Waals surface area contributed by atoms with E-state index in [0.717, 1.165) is 22.3 Å². The van der Waals surface area contributed by atoms with E-state index in [-0.39, 0.29) is 18.3 Å². The summed E-state index contributed by atoms with van der Waals surface area (Å²) >= 11 is 6.03. The van der Waals surface area contributed by atoms with E-state index in [1.165, 1.54) is 12.1 Å². The summed E-state index contributed by atoms with van der Waals surface area (Å²) < 4.78 is 13.2. The van der Waals surface area contributed by atoms with Crippen LogP contribution in [-0.2, 0) is 11.3 Å². The molecule has 1 heterocycles. The zero-order valence-corrected chi connectivity index (χ0v) is 17.6. The molecular formula is C24H19ClFN3O3. The van der Waals surface area contributed by atoms with Gasteiger partial charge in [-0.25, -0.2) is 9.18 Å². The van der Waals surface area contributed by atoms with Crippen molar-refractivity contribution < 1.29 is 18.8 Å². The molecule has 0 unspecified atom stereocenters. The fraction of sp³-hybridized carbons (Fsp3) is 0.125. The van der Waals surface area contributed by atoms with Crippen LogP contribution in [0, 0.1) is 5.82 Å². The average molecular weight is 452 g/mol. The minimum absolute atomic E-state index is 0.173. The molecule has 8 heteroatoms. The molecule has 1 atom stereocenters. The highest BCUT2D eigenvalue weighted by atomic mass is 35.5. The van der Waals surface area contributed by atoms with E-state index in [0.29, 0.717) is 23.5 Å². The largest absolute Gasteiger partial charge is 0.332 e. The van der Waals surface area contributed by atoms with Gasteiger partial charge in [0.25, 0.3) is 5.91 Å². The van der Waals surface area contributed by atoms with Crippen LogP contribution in [-0.4, -0.2) is 29.8 Å². The second-order valence-electron chi connectivity index (χ2n) is 7.40. The maximum Gasteiger partial charge on any atom is 0.321 e. The number of nitrogens with one attached hydrogen (secondary N) is 2. The number of halogens is 2. The van der Waals surface area contributed by atoms with Crippen LogP contribution in [0.15, 0.2) is 66.7 Å². The van der Waals surface area contributed by atoms with Crippen LogP contribution in [0.5, 0.6) is 0 Å². The molecule has 1 aliphatic heterocycles. The molecule has 162 valence electrons. The Morgan fingerprint density at radius 2 is 1.72 bits per heavy atom. The predicted octanol–water partition coefficient (Wildman–Crippen LogP) is 4.30. The Balaban J connectivity index is 1.57. The van der Waals surface area contributed by atoms with Crippen molar-refractivity contribution in [2.45, 2.75) is 12.6 Å². The molecule has 0 saturated heterocycles. The molecule has 4 rings (SSSR count). The van der Waals surface area contributed by atoms with Crippen LogP contribution in [0.25, 0.3) is 11.1 Å². The summed E-state index contributed by atoms with van der Waals surface area (Å²) in [5.41, 5.74) is 3.88. The second-order valence-corrected chi connectivity index (χ2v) is 7.84. The summed E-state index contributed by atoms with van der Waals surface area (Å²) in [6.45, 7) is 0.597. The first-order valence-corrected chi connectivity index (χ1v) is 10.3. The van der Waals surface area contributed by atoms with E-state index < -0.39 is 12.1 Å². The van der Waals surface area contributed by atoms with E-state index in [4.69, 9.17) is 11.6 Å². The molecule has 0 fully saturated rings. The first-order chi connectivity index (χ1) is 15.4. The lowest BCUT2D eigenvalue weighted by Crippen LogP contribution is -2.42. The minimum Gasteiger partial charge on any atom is -0.332 e. The molecule has 6 nitrogen and oxygen atoms in total. The fourth-order valence-corrected chi connectivity index (χ4v) is 3.91. The van der Waals surface area contributed by atoms with Gasteiger partial charge in [-0.05, 0) is 46.5 Å². The van der Waals surface area contributed by atoms with E-state index in [1.54, 1.807) is 29.2 Å². The van der Waals surface area contributed by atoms with Crippen LogP contribution in [0.2, 0.25) is 5.02 Å². The predicted molar refractivity (Wildman–Crippen MR) is 119 cm³/mol. The van der Waals surface area contributed by atoms with Crippen molar-refractivity contribution in [3.63, 3.8) is 0 Å². The summed E-state index contributed by atoms with van der Waals surface area (Å²) in [6.07, 6.45) is 0.295. The van der Waals surface area contributed by atoms with E-state index in [9.17, 15) is 18.8 Å². The number of rotatable bonds is 6. The first-order valence-electron chi connectivity index (χ1n) is 9.89. The van der Waals surface area contributed by atoms with Gasteiger partial charge in [0, 0.05) is 23.7 Å². The molecular weight excluding hydrogens is 433 g/mol. The lowest BCUT2D eigenvalue weighted by Gasteiger charge is -2.25. The van der Waals surface area contributed by atoms with Gasteiger partial charge in [-0.2, -0.15) is 0 Å². The second kappa shape index (κ2) is 9.20. The van der Waals surface area contributed by atoms with Crippen molar-refractivity contribution >= 4 is 29.9 Å². The Morgan fingerprint density at radius 1 is 1.06 bits per heavy atom. The van der Waals surface area contributed by atoms with Crippen molar-refractivity contribution in [2.75, 3.05) is 6.54 Å². The zero-order chi connectivity index (χ0) is 22.7. The molecule has 4 amide bonds. The molecule has 3 aromatic rings. The fourth-order valence-electron chi connectivity index (χ4n) is 3.74. The Labute approximate surface area is 189 Å². The van der Waals surface area contributed by atoms with Gasteiger partial charge in [-0.1, -0.05) is 54.1 Å².